The Morgan fingerprint density at radius 3 is 2.60 bits per heavy atom. The maximum absolute atomic E-state index is 6.08. The molecular formula is C15H21N5. The number of nitrogens with zero attached hydrogens (tertiary/aromatic N) is 4. The van der Waals surface area contributed by atoms with Crippen LogP contribution < -0.4 is 10.6 Å². The molecule has 1 aliphatic heterocycles. The molecule has 1 saturated heterocycles. The topological polar surface area (TPSA) is 60.0 Å². The van der Waals surface area contributed by atoms with Crippen LogP contribution in [0.4, 0.5) is 11.6 Å². The van der Waals surface area contributed by atoms with E-state index in [1.807, 2.05) is 18.3 Å². The normalized spacial score (nSPS) is 15.2. The van der Waals surface area contributed by atoms with Crippen LogP contribution in [0.2, 0.25) is 0 Å². The summed E-state index contributed by atoms with van der Waals surface area (Å²) in [6.45, 7) is 6.41. The zero-order valence-corrected chi connectivity index (χ0v) is 12.1. The van der Waals surface area contributed by atoms with E-state index in [4.69, 9.17) is 5.73 Å². The Kier molecular flexibility index (Phi) is 3.34. The van der Waals surface area contributed by atoms with Gasteiger partial charge < -0.3 is 10.6 Å². The Balaban J connectivity index is 1.95. The predicted molar refractivity (Wildman–Crippen MR) is 81.3 cm³/mol. The quantitative estimate of drug-likeness (QED) is 0.932. The number of hydrogen-bond donors (Lipinski definition) is 1. The molecule has 2 aromatic heterocycles. The molecule has 106 valence electrons. The van der Waals surface area contributed by atoms with E-state index >= 15 is 0 Å². The second-order valence-electron chi connectivity index (χ2n) is 5.63. The summed E-state index contributed by atoms with van der Waals surface area (Å²) in [5, 5.41) is 4.59. The van der Waals surface area contributed by atoms with Gasteiger partial charge in [-0.15, -0.1) is 0 Å². The Morgan fingerprint density at radius 1 is 1.20 bits per heavy atom. The molecule has 5 heteroatoms. The first-order valence-electron chi connectivity index (χ1n) is 7.22. The lowest BCUT2D eigenvalue weighted by Gasteiger charge is -2.17. The van der Waals surface area contributed by atoms with E-state index in [0.29, 0.717) is 11.7 Å². The smallest absolute Gasteiger partial charge is 0.130 e. The number of hydrogen-bond acceptors (Lipinski definition) is 4. The fraction of sp³-hybridized carbons (Fsp3) is 0.467. The van der Waals surface area contributed by atoms with Gasteiger partial charge in [-0.1, -0.05) is 13.8 Å². The van der Waals surface area contributed by atoms with Crippen molar-refractivity contribution in [3.63, 3.8) is 0 Å². The van der Waals surface area contributed by atoms with E-state index in [-0.39, 0.29) is 0 Å². The van der Waals surface area contributed by atoms with Gasteiger partial charge in [0.05, 0.1) is 11.4 Å². The average molecular weight is 271 g/mol. The van der Waals surface area contributed by atoms with Gasteiger partial charge in [-0.2, -0.15) is 5.10 Å². The van der Waals surface area contributed by atoms with Crippen LogP contribution in [-0.2, 0) is 0 Å². The second kappa shape index (κ2) is 5.15. The van der Waals surface area contributed by atoms with Crippen LogP contribution in [0, 0.1) is 0 Å². The van der Waals surface area contributed by atoms with Crippen molar-refractivity contribution < 1.29 is 0 Å². The van der Waals surface area contributed by atoms with E-state index in [1.165, 1.54) is 12.8 Å². The third kappa shape index (κ3) is 2.35. The summed E-state index contributed by atoms with van der Waals surface area (Å²) in [7, 11) is 0. The van der Waals surface area contributed by atoms with Gasteiger partial charge >= 0.3 is 0 Å². The van der Waals surface area contributed by atoms with Crippen LogP contribution in [0.15, 0.2) is 24.4 Å². The highest BCUT2D eigenvalue weighted by Gasteiger charge is 2.15. The van der Waals surface area contributed by atoms with Crippen LogP contribution in [0.25, 0.3) is 5.69 Å². The predicted octanol–water partition coefficient (Wildman–Crippen LogP) is 2.57. The first-order valence-corrected chi connectivity index (χ1v) is 7.22. The molecule has 1 aliphatic rings. The molecule has 0 atom stereocenters. The second-order valence-corrected chi connectivity index (χ2v) is 5.63. The molecule has 1 fully saturated rings. The van der Waals surface area contributed by atoms with E-state index in [9.17, 15) is 0 Å². The molecule has 0 unspecified atom stereocenters. The minimum atomic E-state index is 0.374. The van der Waals surface area contributed by atoms with E-state index in [2.05, 4.69) is 34.9 Å². The molecule has 2 N–H and O–H groups in total. The number of rotatable bonds is 3. The fourth-order valence-corrected chi connectivity index (χ4v) is 2.56. The number of nitrogen functional groups attached to an aromatic ring is 1. The lowest BCUT2D eigenvalue weighted by Crippen LogP contribution is -2.19. The molecule has 2 aromatic rings. The van der Waals surface area contributed by atoms with E-state index < -0.39 is 0 Å². The number of nitrogens with two attached hydrogens (primary N) is 1. The van der Waals surface area contributed by atoms with Gasteiger partial charge in [-0.25, -0.2) is 9.67 Å². The number of pyridine rings is 1. The molecule has 0 spiro atoms. The van der Waals surface area contributed by atoms with Crippen LogP contribution in [0.1, 0.15) is 38.3 Å². The molecule has 0 aromatic carbocycles. The Hall–Kier alpha value is -2.04. The first-order chi connectivity index (χ1) is 9.65. The summed E-state index contributed by atoms with van der Waals surface area (Å²) < 4.78 is 1.80. The third-order valence-corrected chi connectivity index (χ3v) is 3.75. The van der Waals surface area contributed by atoms with Gasteiger partial charge in [-0.3, -0.25) is 0 Å². The van der Waals surface area contributed by atoms with E-state index in [1.54, 1.807) is 4.68 Å². The molecule has 3 heterocycles. The molecule has 0 amide bonds. The van der Waals surface area contributed by atoms with Crippen LogP contribution in [0.3, 0.4) is 0 Å². The molecular weight excluding hydrogens is 250 g/mol. The summed E-state index contributed by atoms with van der Waals surface area (Å²) in [6, 6.07) is 5.96. The SMILES string of the molecule is CC(C)c1cc(N)n(-c2ccnc(N3CCCC3)c2)n1. The van der Waals surface area contributed by atoms with Crippen molar-refractivity contribution in [1.82, 2.24) is 14.8 Å². The van der Waals surface area contributed by atoms with Crippen LogP contribution >= 0.6 is 0 Å². The summed E-state index contributed by atoms with van der Waals surface area (Å²) in [6.07, 6.45) is 4.32. The molecule has 0 bridgehead atoms. The summed E-state index contributed by atoms with van der Waals surface area (Å²) in [5.74, 6) is 2.06. The maximum atomic E-state index is 6.08. The van der Waals surface area contributed by atoms with Crippen molar-refractivity contribution in [2.75, 3.05) is 23.7 Å². The van der Waals surface area contributed by atoms with Gasteiger partial charge in [0.2, 0.25) is 0 Å². The monoisotopic (exact) mass is 271 g/mol. The molecule has 0 saturated carbocycles. The third-order valence-electron chi connectivity index (χ3n) is 3.75. The van der Waals surface area contributed by atoms with Gasteiger partial charge in [0.25, 0.3) is 0 Å². The largest absolute Gasteiger partial charge is 0.384 e. The summed E-state index contributed by atoms with van der Waals surface area (Å²) >= 11 is 0. The summed E-state index contributed by atoms with van der Waals surface area (Å²) in [5.41, 5.74) is 8.07. The Labute approximate surface area is 119 Å². The maximum Gasteiger partial charge on any atom is 0.130 e. The van der Waals surface area contributed by atoms with Crippen molar-refractivity contribution in [1.29, 1.82) is 0 Å². The van der Waals surface area contributed by atoms with Crippen molar-refractivity contribution in [2.45, 2.75) is 32.6 Å². The van der Waals surface area contributed by atoms with Gasteiger partial charge in [-0.05, 0) is 24.8 Å². The van der Waals surface area contributed by atoms with Crippen molar-refractivity contribution in [3.8, 4) is 5.69 Å². The highest BCUT2D eigenvalue weighted by atomic mass is 15.3. The highest BCUT2D eigenvalue weighted by Crippen LogP contribution is 2.23. The average Bonchev–Trinajstić information content (AvgIpc) is 3.08. The Bertz CT molecular complexity index is 596. The van der Waals surface area contributed by atoms with Crippen molar-refractivity contribution >= 4 is 11.6 Å². The summed E-state index contributed by atoms with van der Waals surface area (Å²) in [4.78, 5) is 6.77. The Morgan fingerprint density at radius 2 is 1.95 bits per heavy atom. The van der Waals surface area contributed by atoms with Crippen molar-refractivity contribution in [2.24, 2.45) is 0 Å². The van der Waals surface area contributed by atoms with Gasteiger partial charge in [0, 0.05) is 31.4 Å². The minimum Gasteiger partial charge on any atom is -0.384 e. The number of aromatic nitrogens is 3. The zero-order valence-electron chi connectivity index (χ0n) is 12.1. The highest BCUT2D eigenvalue weighted by molar-refractivity contribution is 5.50. The zero-order chi connectivity index (χ0) is 14.1. The molecule has 0 radical (unpaired) electrons. The van der Waals surface area contributed by atoms with Gasteiger partial charge in [0.1, 0.15) is 11.6 Å². The molecule has 3 rings (SSSR count). The standard InChI is InChI=1S/C15H21N5/c1-11(2)13-10-14(16)20(18-13)12-5-6-17-15(9-12)19-7-3-4-8-19/h5-6,9-11H,3-4,7-8,16H2,1-2H3. The molecule has 5 nitrogen and oxygen atoms in total. The van der Waals surface area contributed by atoms with Crippen molar-refractivity contribution in [3.05, 3.63) is 30.1 Å². The van der Waals surface area contributed by atoms with E-state index in [0.717, 1.165) is 30.3 Å². The van der Waals surface area contributed by atoms with Crippen LogP contribution in [0.5, 0.6) is 0 Å². The first kappa shape index (κ1) is 13.0. The molecule has 20 heavy (non-hydrogen) atoms. The number of anilines is 2. The molecule has 0 aliphatic carbocycles. The van der Waals surface area contributed by atoms with Crippen LogP contribution in [-0.4, -0.2) is 27.9 Å². The lowest BCUT2D eigenvalue weighted by molar-refractivity contribution is 0.770. The fourth-order valence-electron chi connectivity index (χ4n) is 2.56. The lowest BCUT2D eigenvalue weighted by atomic mass is 10.1. The minimum absolute atomic E-state index is 0.374. The van der Waals surface area contributed by atoms with Gasteiger partial charge in [0.15, 0.2) is 0 Å².